The molecule has 0 amide bonds. The number of hydrogen-bond acceptors (Lipinski definition) is 1. The fraction of sp³-hybridized carbons (Fsp3) is 0.647. The summed E-state index contributed by atoms with van der Waals surface area (Å²) in [6, 6.07) is 5.22. The van der Waals surface area contributed by atoms with E-state index in [2.05, 4.69) is 38.2 Å². The van der Waals surface area contributed by atoms with E-state index in [1.807, 2.05) is 0 Å². The molecule has 1 aliphatic rings. The molecule has 0 saturated heterocycles. The molecule has 0 atom stereocenters. The normalized spacial score (nSPS) is 15.9. The fourth-order valence-corrected chi connectivity index (χ4v) is 2.95. The predicted molar refractivity (Wildman–Crippen MR) is 79.8 cm³/mol. The SMILES string of the molecule is Cc1ccc(C)c(OCCC[NH2+]C2CCCC2)c1C. The second-order valence-corrected chi connectivity index (χ2v) is 5.92. The van der Waals surface area contributed by atoms with E-state index < -0.39 is 0 Å². The van der Waals surface area contributed by atoms with E-state index in [1.54, 1.807) is 0 Å². The molecule has 2 nitrogen and oxygen atoms in total. The maximum atomic E-state index is 5.99. The van der Waals surface area contributed by atoms with Crippen LogP contribution in [-0.2, 0) is 0 Å². The zero-order valence-corrected chi connectivity index (χ0v) is 12.7. The Balaban J connectivity index is 1.72. The van der Waals surface area contributed by atoms with Crippen molar-refractivity contribution in [3.05, 3.63) is 28.8 Å². The van der Waals surface area contributed by atoms with Crippen LogP contribution in [-0.4, -0.2) is 19.2 Å². The van der Waals surface area contributed by atoms with Crippen molar-refractivity contribution in [1.82, 2.24) is 0 Å². The highest BCUT2D eigenvalue weighted by Gasteiger charge is 2.16. The van der Waals surface area contributed by atoms with E-state index >= 15 is 0 Å². The summed E-state index contributed by atoms with van der Waals surface area (Å²) in [6.07, 6.45) is 6.83. The maximum Gasteiger partial charge on any atom is 0.125 e. The van der Waals surface area contributed by atoms with Crippen molar-refractivity contribution < 1.29 is 10.1 Å². The van der Waals surface area contributed by atoms with Gasteiger partial charge in [0.25, 0.3) is 0 Å². The lowest BCUT2D eigenvalue weighted by molar-refractivity contribution is -0.688. The molecule has 19 heavy (non-hydrogen) atoms. The van der Waals surface area contributed by atoms with Crippen LogP contribution in [0.1, 0.15) is 48.8 Å². The topological polar surface area (TPSA) is 25.8 Å². The largest absolute Gasteiger partial charge is 0.493 e. The van der Waals surface area contributed by atoms with Gasteiger partial charge in [0.15, 0.2) is 0 Å². The minimum absolute atomic E-state index is 0.842. The van der Waals surface area contributed by atoms with Crippen molar-refractivity contribution in [2.45, 2.75) is 58.9 Å². The molecular formula is C17H28NO+. The van der Waals surface area contributed by atoms with Gasteiger partial charge in [-0.15, -0.1) is 0 Å². The monoisotopic (exact) mass is 262 g/mol. The molecule has 0 aromatic heterocycles. The third kappa shape index (κ3) is 3.97. The highest BCUT2D eigenvalue weighted by atomic mass is 16.5. The van der Waals surface area contributed by atoms with Crippen LogP contribution >= 0.6 is 0 Å². The third-order valence-corrected chi connectivity index (χ3v) is 4.37. The second kappa shape index (κ2) is 6.95. The summed E-state index contributed by atoms with van der Waals surface area (Å²) in [6.45, 7) is 8.48. The Morgan fingerprint density at radius 3 is 2.53 bits per heavy atom. The molecule has 0 bridgehead atoms. The third-order valence-electron chi connectivity index (χ3n) is 4.37. The Hall–Kier alpha value is -1.02. The van der Waals surface area contributed by atoms with Crippen LogP contribution in [0, 0.1) is 20.8 Å². The first kappa shape index (κ1) is 14.4. The number of rotatable bonds is 6. The van der Waals surface area contributed by atoms with Crippen molar-refractivity contribution in [1.29, 1.82) is 0 Å². The fourth-order valence-electron chi connectivity index (χ4n) is 2.95. The van der Waals surface area contributed by atoms with Gasteiger partial charge in [0, 0.05) is 6.42 Å². The Kier molecular flexibility index (Phi) is 5.26. The Labute approximate surface area is 117 Å². The number of quaternary nitrogens is 1. The Bertz CT molecular complexity index is 408. The summed E-state index contributed by atoms with van der Waals surface area (Å²) in [7, 11) is 0. The van der Waals surface area contributed by atoms with Gasteiger partial charge in [-0.2, -0.15) is 0 Å². The number of benzene rings is 1. The minimum Gasteiger partial charge on any atom is -0.493 e. The molecule has 2 heteroatoms. The summed E-state index contributed by atoms with van der Waals surface area (Å²) in [4.78, 5) is 0. The molecule has 2 rings (SSSR count). The first-order valence-corrected chi connectivity index (χ1v) is 7.71. The number of nitrogens with two attached hydrogens (primary N) is 1. The van der Waals surface area contributed by atoms with E-state index in [4.69, 9.17) is 4.74 Å². The van der Waals surface area contributed by atoms with E-state index in [1.165, 1.54) is 48.9 Å². The number of aryl methyl sites for hydroxylation is 2. The standard InChI is InChI=1S/C17H27NO/c1-13-9-10-14(2)17(15(13)3)19-12-6-11-18-16-7-4-5-8-16/h9-10,16,18H,4-8,11-12H2,1-3H3/p+1. The van der Waals surface area contributed by atoms with E-state index in [0.717, 1.165) is 24.8 Å². The van der Waals surface area contributed by atoms with Crippen LogP contribution in [0.4, 0.5) is 0 Å². The molecule has 1 aliphatic carbocycles. The van der Waals surface area contributed by atoms with E-state index in [9.17, 15) is 0 Å². The lowest BCUT2D eigenvalue weighted by Gasteiger charge is -2.14. The van der Waals surface area contributed by atoms with Crippen molar-refractivity contribution in [3.63, 3.8) is 0 Å². The molecule has 1 aromatic carbocycles. The predicted octanol–water partition coefficient (Wildman–Crippen LogP) is 2.89. The average molecular weight is 262 g/mol. The zero-order valence-electron chi connectivity index (χ0n) is 12.7. The molecule has 0 heterocycles. The molecule has 1 saturated carbocycles. The average Bonchev–Trinajstić information content (AvgIpc) is 2.90. The molecular weight excluding hydrogens is 234 g/mol. The molecule has 2 N–H and O–H groups in total. The van der Waals surface area contributed by atoms with Gasteiger partial charge in [0.2, 0.25) is 0 Å². The van der Waals surface area contributed by atoms with Crippen molar-refractivity contribution in [2.75, 3.05) is 13.2 Å². The lowest BCUT2D eigenvalue weighted by Crippen LogP contribution is -2.89. The summed E-state index contributed by atoms with van der Waals surface area (Å²) >= 11 is 0. The van der Waals surface area contributed by atoms with E-state index in [0.29, 0.717) is 0 Å². The zero-order chi connectivity index (χ0) is 13.7. The van der Waals surface area contributed by atoms with Crippen LogP contribution < -0.4 is 10.1 Å². The maximum absolute atomic E-state index is 5.99. The summed E-state index contributed by atoms with van der Waals surface area (Å²) in [5, 5.41) is 2.52. The van der Waals surface area contributed by atoms with Gasteiger partial charge < -0.3 is 10.1 Å². The molecule has 0 radical (unpaired) electrons. The number of ether oxygens (including phenoxy) is 1. The van der Waals surface area contributed by atoms with Gasteiger partial charge in [0.1, 0.15) is 5.75 Å². The Morgan fingerprint density at radius 1 is 1.11 bits per heavy atom. The van der Waals surface area contributed by atoms with Gasteiger partial charge in [-0.05, 0) is 63.1 Å². The van der Waals surface area contributed by atoms with E-state index in [-0.39, 0.29) is 0 Å². The van der Waals surface area contributed by atoms with Crippen LogP contribution in [0.2, 0.25) is 0 Å². The summed E-state index contributed by atoms with van der Waals surface area (Å²) in [5.74, 6) is 1.10. The lowest BCUT2D eigenvalue weighted by atomic mass is 10.1. The summed E-state index contributed by atoms with van der Waals surface area (Å²) in [5.41, 5.74) is 3.86. The van der Waals surface area contributed by atoms with Gasteiger partial charge >= 0.3 is 0 Å². The quantitative estimate of drug-likeness (QED) is 0.784. The molecule has 0 aliphatic heterocycles. The van der Waals surface area contributed by atoms with Gasteiger partial charge in [-0.1, -0.05) is 12.1 Å². The van der Waals surface area contributed by atoms with Crippen LogP contribution in [0.15, 0.2) is 12.1 Å². The smallest absolute Gasteiger partial charge is 0.125 e. The second-order valence-electron chi connectivity index (χ2n) is 5.92. The highest BCUT2D eigenvalue weighted by molar-refractivity contribution is 5.44. The van der Waals surface area contributed by atoms with Gasteiger partial charge in [-0.3, -0.25) is 0 Å². The molecule has 1 fully saturated rings. The molecule has 0 spiro atoms. The summed E-state index contributed by atoms with van der Waals surface area (Å²) < 4.78 is 5.99. The molecule has 1 aromatic rings. The number of hydrogen-bond donors (Lipinski definition) is 1. The van der Waals surface area contributed by atoms with Crippen molar-refractivity contribution in [3.8, 4) is 5.75 Å². The first-order valence-electron chi connectivity index (χ1n) is 7.71. The van der Waals surface area contributed by atoms with Crippen molar-refractivity contribution in [2.24, 2.45) is 0 Å². The Morgan fingerprint density at radius 2 is 1.79 bits per heavy atom. The van der Waals surface area contributed by atoms with Crippen LogP contribution in [0.5, 0.6) is 5.75 Å². The highest BCUT2D eigenvalue weighted by Crippen LogP contribution is 2.25. The first-order chi connectivity index (χ1) is 9.18. The van der Waals surface area contributed by atoms with Gasteiger partial charge in [0.05, 0.1) is 19.2 Å². The minimum atomic E-state index is 0.842. The molecule has 0 unspecified atom stereocenters. The molecule has 106 valence electrons. The van der Waals surface area contributed by atoms with Crippen molar-refractivity contribution >= 4 is 0 Å². The van der Waals surface area contributed by atoms with Gasteiger partial charge in [-0.25, -0.2) is 0 Å². The van der Waals surface area contributed by atoms with Crippen LogP contribution in [0.25, 0.3) is 0 Å². The van der Waals surface area contributed by atoms with Crippen LogP contribution in [0.3, 0.4) is 0 Å².